The molecule has 37 heavy (non-hydrogen) atoms. The highest BCUT2D eigenvalue weighted by atomic mass is 32.1. The number of fused-ring (bicyclic) bond motifs is 3. The number of thiophene rings is 1. The number of carbonyl (C=O) groups is 4. The molecule has 0 unspecified atom stereocenters. The summed E-state index contributed by atoms with van der Waals surface area (Å²) in [5, 5.41) is 12.0. The average Bonchev–Trinajstić information content (AvgIpc) is 3.49. The summed E-state index contributed by atoms with van der Waals surface area (Å²) in [6.07, 6.45) is 3.98. The lowest BCUT2D eigenvalue weighted by Crippen LogP contribution is -2.39. The number of benzene rings is 1. The van der Waals surface area contributed by atoms with Crippen molar-refractivity contribution in [3.63, 3.8) is 0 Å². The molecule has 8 heteroatoms. The van der Waals surface area contributed by atoms with Gasteiger partial charge in [-0.05, 0) is 49.3 Å². The van der Waals surface area contributed by atoms with Crippen LogP contribution in [0, 0.1) is 17.8 Å². The molecule has 7 nitrogen and oxygen atoms in total. The number of nitrogens with zero attached hydrogens (tertiary/aromatic N) is 1. The van der Waals surface area contributed by atoms with Crippen molar-refractivity contribution < 1.29 is 29.0 Å². The predicted molar refractivity (Wildman–Crippen MR) is 136 cm³/mol. The number of likely N-dealkylation sites (tertiary alicyclic amines) is 1. The SMILES string of the molecule is COc1cc(O)ccc1[C@H]1C2=CC[C@@H]3C(=O)N(Cc4cccs4)C(=O)[C@@H]3[C@@H]2CC2=C1C(=O)C=C(C)C2=O. The number of methoxy groups -OCH3 is 1. The molecule has 2 amide bonds. The fraction of sp³-hybridized carbons (Fsp3) is 0.310. The van der Waals surface area contributed by atoms with Crippen molar-refractivity contribution in [3.05, 3.63) is 80.6 Å². The third kappa shape index (κ3) is 3.54. The molecule has 1 saturated heterocycles. The number of allylic oxidation sites excluding steroid dienone is 6. The lowest BCUT2D eigenvalue weighted by molar-refractivity contribution is -0.140. The van der Waals surface area contributed by atoms with E-state index >= 15 is 0 Å². The molecule has 4 aliphatic rings. The largest absolute Gasteiger partial charge is 0.508 e. The molecule has 2 heterocycles. The number of aromatic hydroxyl groups is 1. The average molecular weight is 516 g/mol. The maximum atomic E-state index is 13.8. The smallest absolute Gasteiger partial charge is 0.234 e. The van der Waals surface area contributed by atoms with Gasteiger partial charge in [0.1, 0.15) is 11.5 Å². The second kappa shape index (κ2) is 8.66. The highest BCUT2D eigenvalue weighted by Crippen LogP contribution is 2.56. The van der Waals surface area contributed by atoms with Gasteiger partial charge in [-0.25, -0.2) is 0 Å². The Kier molecular flexibility index (Phi) is 5.53. The van der Waals surface area contributed by atoms with Crippen molar-refractivity contribution >= 4 is 34.7 Å². The summed E-state index contributed by atoms with van der Waals surface area (Å²) in [4.78, 5) is 56.1. The Morgan fingerprint density at radius 3 is 2.65 bits per heavy atom. The van der Waals surface area contributed by atoms with E-state index in [2.05, 4.69) is 0 Å². The quantitative estimate of drug-likeness (QED) is 0.374. The van der Waals surface area contributed by atoms with Crippen LogP contribution in [0.3, 0.4) is 0 Å². The Bertz CT molecular complexity index is 1460. The first-order valence-corrected chi connectivity index (χ1v) is 13.1. The van der Waals surface area contributed by atoms with Crippen LogP contribution in [0.1, 0.15) is 36.1 Å². The van der Waals surface area contributed by atoms with Gasteiger partial charge in [-0.3, -0.25) is 24.1 Å². The third-order valence-corrected chi connectivity index (χ3v) is 8.94. The summed E-state index contributed by atoms with van der Waals surface area (Å²) in [6, 6.07) is 8.51. The van der Waals surface area contributed by atoms with E-state index in [-0.39, 0.29) is 42.1 Å². The van der Waals surface area contributed by atoms with Crippen LogP contribution >= 0.6 is 11.3 Å². The Hall–Kier alpha value is -3.78. The minimum Gasteiger partial charge on any atom is -0.508 e. The molecule has 0 spiro atoms. The molecule has 0 saturated carbocycles. The molecule has 0 radical (unpaired) electrons. The molecule has 2 aromatic rings. The van der Waals surface area contributed by atoms with Crippen LogP contribution < -0.4 is 4.74 Å². The molecule has 1 aromatic heterocycles. The first-order chi connectivity index (χ1) is 17.8. The van der Waals surface area contributed by atoms with Gasteiger partial charge in [0, 0.05) is 39.1 Å². The fourth-order valence-corrected chi connectivity index (χ4v) is 7.15. The highest BCUT2D eigenvalue weighted by Gasteiger charge is 2.56. The zero-order valence-corrected chi connectivity index (χ0v) is 21.2. The number of ether oxygens (including phenoxy) is 1. The summed E-state index contributed by atoms with van der Waals surface area (Å²) in [6.45, 7) is 1.87. The van der Waals surface area contributed by atoms with Crippen LogP contribution in [0.4, 0.5) is 0 Å². The van der Waals surface area contributed by atoms with Crippen molar-refractivity contribution in [2.75, 3.05) is 7.11 Å². The number of hydrogen-bond acceptors (Lipinski definition) is 7. The maximum absolute atomic E-state index is 13.8. The molecule has 3 aliphatic carbocycles. The number of hydrogen-bond donors (Lipinski definition) is 1. The van der Waals surface area contributed by atoms with Gasteiger partial charge in [0.05, 0.1) is 25.5 Å². The van der Waals surface area contributed by atoms with E-state index in [4.69, 9.17) is 4.74 Å². The molecule has 6 rings (SSSR count). The van der Waals surface area contributed by atoms with E-state index in [9.17, 15) is 24.3 Å². The normalized spacial score (nSPS) is 27.0. The van der Waals surface area contributed by atoms with E-state index in [1.807, 2.05) is 23.6 Å². The summed E-state index contributed by atoms with van der Waals surface area (Å²) >= 11 is 1.50. The fourth-order valence-electron chi connectivity index (χ4n) is 6.46. The molecule has 1 N–H and O–H groups in total. The van der Waals surface area contributed by atoms with Crippen LogP contribution in [-0.4, -0.2) is 40.5 Å². The predicted octanol–water partition coefficient (Wildman–Crippen LogP) is 4.09. The lowest BCUT2D eigenvalue weighted by atomic mass is 9.59. The number of amides is 2. The molecule has 4 atom stereocenters. The van der Waals surface area contributed by atoms with Gasteiger partial charge < -0.3 is 9.84 Å². The minimum absolute atomic E-state index is 0.0161. The van der Waals surface area contributed by atoms with Gasteiger partial charge in [0.15, 0.2) is 11.6 Å². The molecular formula is C29H25NO6S. The lowest BCUT2D eigenvalue weighted by Gasteiger charge is -2.42. The first kappa shape index (κ1) is 23.6. The van der Waals surface area contributed by atoms with E-state index in [0.29, 0.717) is 34.5 Å². The molecule has 1 aromatic carbocycles. The van der Waals surface area contributed by atoms with Crippen molar-refractivity contribution in [1.82, 2.24) is 4.90 Å². The van der Waals surface area contributed by atoms with Crippen LogP contribution in [0.2, 0.25) is 0 Å². The summed E-state index contributed by atoms with van der Waals surface area (Å²) in [7, 11) is 1.48. The van der Waals surface area contributed by atoms with Gasteiger partial charge in [-0.2, -0.15) is 0 Å². The zero-order valence-electron chi connectivity index (χ0n) is 20.4. The Labute approximate surface area is 217 Å². The summed E-state index contributed by atoms with van der Waals surface area (Å²) < 4.78 is 5.57. The molecule has 1 fully saturated rings. The van der Waals surface area contributed by atoms with E-state index in [0.717, 1.165) is 10.5 Å². The number of ketones is 2. The standard InChI is InChI=1S/C29H25NO6S/c1-14-10-22(32)26-21(27(14)33)12-20-17(24(26)18-6-5-15(31)11-23(18)36-2)7-8-19-25(20)29(35)30(28(19)34)13-16-4-3-9-37-16/h3-7,9-11,19-20,24-25,31H,8,12-13H2,1-2H3/t19-,20+,24+,25-/m0/s1. The number of rotatable bonds is 4. The molecule has 188 valence electrons. The van der Waals surface area contributed by atoms with Gasteiger partial charge in [-0.15, -0.1) is 11.3 Å². The van der Waals surface area contributed by atoms with Gasteiger partial charge >= 0.3 is 0 Å². The topological polar surface area (TPSA) is 101 Å². The second-order valence-corrected chi connectivity index (χ2v) is 11.0. The Balaban J connectivity index is 1.48. The van der Waals surface area contributed by atoms with Gasteiger partial charge in [0.25, 0.3) is 0 Å². The van der Waals surface area contributed by atoms with Crippen molar-refractivity contribution in [1.29, 1.82) is 0 Å². The maximum Gasteiger partial charge on any atom is 0.234 e. The first-order valence-electron chi connectivity index (χ1n) is 12.2. The van der Waals surface area contributed by atoms with Crippen LogP contribution in [0.15, 0.2) is 70.2 Å². The number of phenols is 1. The summed E-state index contributed by atoms with van der Waals surface area (Å²) in [5.74, 6) is -2.53. The Morgan fingerprint density at radius 1 is 1.11 bits per heavy atom. The van der Waals surface area contributed by atoms with Crippen molar-refractivity contribution in [2.24, 2.45) is 17.8 Å². The number of phenolic OH excluding ortho intramolecular Hbond substituents is 1. The van der Waals surface area contributed by atoms with Gasteiger partial charge in [0.2, 0.25) is 11.8 Å². The van der Waals surface area contributed by atoms with Crippen LogP contribution in [0.25, 0.3) is 0 Å². The van der Waals surface area contributed by atoms with E-state index < -0.39 is 23.7 Å². The number of imide groups is 1. The molecule has 1 aliphatic heterocycles. The summed E-state index contributed by atoms with van der Waals surface area (Å²) in [5.41, 5.74) is 2.67. The van der Waals surface area contributed by atoms with Crippen molar-refractivity contribution in [2.45, 2.75) is 32.2 Å². The van der Waals surface area contributed by atoms with Crippen molar-refractivity contribution in [3.8, 4) is 11.5 Å². The molecular weight excluding hydrogens is 490 g/mol. The van der Waals surface area contributed by atoms with E-state index in [1.54, 1.807) is 13.0 Å². The Morgan fingerprint density at radius 2 is 1.92 bits per heavy atom. The second-order valence-electron chi connectivity index (χ2n) is 10.00. The third-order valence-electron chi connectivity index (χ3n) is 8.08. The van der Waals surface area contributed by atoms with Crippen LogP contribution in [-0.2, 0) is 25.7 Å². The number of carbonyl (C=O) groups excluding carboxylic acids is 4. The zero-order chi connectivity index (χ0) is 26.0. The number of Topliss-reactive ketones (excluding diaryl/α,β-unsaturated/α-hetero) is 1. The highest BCUT2D eigenvalue weighted by molar-refractivity contribution is 7.09. The van der Waals surface area contributed by atoms with E-state index in [1.165, 1.54) is 41.6 Å². The minimum atomic E-state index is -0.611. The molecule has 0 bridgehead atoms. The van der Waals surface area contributed by atoms with Gasteiger partial charge in [-0.1, -0.05) is 23.8 Å². The van der Waals surface area contributed by atoms with Crippen LogP contribution in [0.5, 0.6) is 11.5 Å². The monoisotopic (exact) mass is 515 g/mol.